The van der Waals surface area contributed by atoms with Crippen molar-refractivity contribution in [3.63, 3.8) is 0 Å². The molecule has 0 N–H and O–H groups in total. The number of rotatable bonds is 11. The Morgan fingerprint density at radius 2 is 1.64 bits per heavy atom. The Bertz CT molecular complexity index is 1030. The highest BCUT2D eigenvalue weighted by Gasteiger charge is 2.12. The molecule has 0 aliphatic heterocycles. The van der Waals surface area contributed by atoms with Gasteiger partial charge < -0.3 is 4.74 Å². The van der Waals surface area contributed by atoms with E-state index in [9.17, 15) is 4.39 Å². The molecule has 1 aromatic carbocycles. The monoisotopic (exact) mass is 448 g/mol. The van der Waals surface area contributed by atoms with E-state index in [1.165, 1.54) is 11.1 Å². The molecule has 3 rings (SSSR count). The van der Waals surface area contributed by atoms with Gasteiger partial charge in [-0.3, -0.25) is 4.98 Å². The van der Waals surface area contributed by atoms with Gasteiger partial charge in [0.1, 0.15) is 5.75 Å². The zero-order valence-electron chi connectivity index (χ0n) is 20.6. The second-order valence-corrected chi connectivity index (χ2v) is 9.52. The number of nitrogens with zero attached hydrogens (tertiary/aromatic N) is 2. The van der Waals surface area contributed by atoms with E-state index in [-0.39, 0.29) is 5.95 Å². The van der Waals surface area contributed by atoms with Gasteiger partial charge in [-0.1, -0.05) is 46.2 Å². The molecule has 3 nitrogen and oxygen atoms in total. The van der Waals surface area contributed by atoms with Crippen LogP contribution in [0.25, 0.3) is 0 Å². The largest absolute Gasteiger partial charge is 0.493 e. The van der Waals surface area contributed by atoms with Crippen LogP contribution in [0.5, 0.6) is 5.75 Å². The number of pyridine rings is 2. The van der Waals surface area contributed by atoms with E-state index in [1.807, 2.05) is 18.3 Å². The smallest absolute Gasteiger partial charge is 0.215 e. The lowest BCUT2D eigenvalue weighted by atomic mass is 9.91. The molecular formula is C29H37FN2O. The van der Waals surface area contributed by atoms with Crippen LogP contribution in [0.15, 0.2) is 54.9 Å². The Labute approximate surface area is 198 Å². The Hall–Kier alpha value is -2.75. The summed E-state index contributed by atoms with van der Waals surface area (Å²) >= 11 is 0. The molecule has 3 aromatic rings. The molecule has 176 valence electrons. The van der Waals surface area contributed by atoms with E-state index in [4.69, 9.17) is 4.74 Å². The second kappa shape index (κ2) is 11.9. The van der Waals surface area contributed by atoms with Crippen LogP contribution < -0.4 is 4.74 Å². The minimum absolute atomic E-state index is 0.373. The summed E-state index contributed by atoms with van der Waals surface area (Å²) in [5.41, 5.74) is 5.43. The number of hydrogen-bond acceptors (Lipinski definition) is 3. The van der Waals surface area contributed by atoms with Crippen LogP contribution >= 0.6 is 0 Å². The first kappa shape index (κ1) is 24.9. The molecule has 0 amide bonds. The molecule has 0 aliphatic carbocycles. The van der Waals surface area contributed by atoms with Crippen LogP contribution in [0, 0.1) is 12.9 Å². The average Bonchev–Trinajstić information content (AvgIpc) is 2.81. The van der Waals surface area contributed by atoms with Crippen molar-refractivity contribution in [3.8, 4) is 5.75 Å². The third-order valence-electron chi connectivity index (χ3n) is 6.44. The summed E-state index contributed by atoms with van der Waals surface area (Å²) < 4.78 is 19.4. The highest BCUT2D eigenvalue weighted by Crippen LogP contribution is 2.27. The van der Waals surface area contributed by atoms with E-state index in [1.54, 1.807) is 13.1 Å². The summed E-state index contributed by atoms with van der Waals surface area (Å²) in [6, 6.07) is 14.6. The molecule has 0 aliphatic rings. The molecule has 0 fully saturated rings. The Kier molecular flexibility index (Phi) is 8.99. The molecule has 4 heteroatoms. The number of aromatic nitrogens is 2. The number of aryl methyl sites for hydroxylation is 1. The van der Waals surface area contributed by atoms with Crippen LogP contribution in [-0.2, 0) is 6.42 Å². The van der Waals surface area contributed by atoms with Gasteiger partial charge in [-0.25, -0.2) is 4.98 Å². The molecule has 2 atom stereocenters. The maximum atomic E-state index is 13.4. The highest BCUT2D eigenvalue weighted by atomic mass is 19.1. The molecule has 2 heterocycles. The Morgan fingerprint density at radius 3 is 2.36 bits per heavy atom. The highest BCUT2D eigenvalue weighted by molar-refractivity contribution is 5.30. The van der Waals surface area contributed by atoms with Gasteiger partial charge in [0.25, 0.3) is 0 Å². The summed E-state index contributed by atoms with van der Waals surface area (Å²) in [6.07, 6.45) is 7.67. The van der Waals surface area contributed by atoms with Gasteiger partial charge >= 0.3 is 0 Å². The van der Waals surface area contributed by atoms with Gasteiger partial charge in [0.15, 0.2) is 0 Å². The molecule has 33 heavy (non-hydrogen) atoms. The molecule has 2 aromatic heterocycles. The number of halogens is 1. The fourth-order valence-electron chi connectivity index (χ4n) is 4.09. The van der Waals surface area contributed by atoms with E-state index >= 15 is 0 Å². The van der Waals surface area contributed by atoms with Crippen molar-refractivity contribution in [2.24, 2.45) is 0 Å². The number of hydrogen-bond donors (Lipinski definition) is 0. The fraction of sp³-hybridized carbons (Fsp3) is 0.448. The predicted molar refractivity (Wildman–Crippen MR) is 134 cm³/mol. The molecule has 0 bridgehead atoms. The lowest BCUT2D eigenvalue weighted by Gasteiger charge is -2.16. The SMILES string of the molecule is Cc1cc(C(C)CCCC(C)c2ccnc(CCOc3cccc(C(C)C)c3)c2)cnc1F. The topological polar surface area (TPSA) is 35.0 Å². The summed E-state index contributed by atoms with van der Waals surface area (Å²) in [7, 11) is 0. The summed E-state index contributed by atoms with van der Waals surface area (Å²) in [5.74, 6) is 1.89. The summed E-state index contributed by atoms with van der Waals surface area (Å²) in [5, 5.41) is 0. The third kappa shape index (κ3) is 7.38. The third-order valence-corrected chi connectivity index (χ3v) is 6.44. The van der Waals surface area contributed by atoms with Crippen LogP contribution in [0.2, 0.25) is 0 Å². The van der Waals surface area contributed by atoms with Gasteiger partial charge in [0.2, 0.25) is 5.95 Å². The molecular weight excluding hydrogens is 411 g/mol. The minimum Gasteiger partial charge on any atom is -0.493 e. The van der Waals surface area contributed by atoms with Crippen molar-refractivity contribution in [2.45, 2.75) is 78.1 Å². The predicted octanol–water partition coefficient (Wildman–Crippen LogP) is 7.75. The normalized spacial score (nSPS) is 13.2. The maximum absolute atomic E-state index is 13.4. The van der Waals surface area contributed by atoms with Crippen LogP contribution in [0.3, 0.4) is 0 Å². The zero-order valence-corrected chi connectivity index (χ0v) is 20.6. The van der Waals surface area contributed by atoms with Crippen LogP contribution in [0.1, 0.15) is 92.7 Å². The van der Waals surface area contributed by atoms with E-state index in [0.717, 1.165) is 42.7 Å². The van der Waals surface area contributed by atoms with Crippen LogP contribution in [-0.4, -0.2) is 16.6 Å². The van der Waals surface area contributed by atoms with Gasteiger partial charge in [-0.15, -0.1) is 0 Å². The second-order valence-electron chi connectivity index (χ2n) is 9.52. The van der Waals surface area contributed by atoms with E-state index in [2.05, 4.69) is 68.0 Å². The maximum Gasteiger partial charge on any atom is 0.215 e. The van der Waals surface area contributed by atoms with Gasteiger partial charge in [-0.05, 0) is 84.5 Å². The van der Waals surface area contributed by atoms with Gasteiger partial charge in [-0.2, -0.15) is 4.39 Å². The standard InChI is InChI=1S/C29H37FN2O/c1-20(2)24-10-7-11-28(18-24)33-15-13-27-17-25(12-14-31-27)21(3)8-6-9-22(4)26-16-23(5)29(30)32-19-26/h7,10-12,14,16-22H,6,8-9,13,15H2,1-5H3. The lowest BCUT2D eigenvalue weighted by molar-refractivity contribution is 0.320. The summed E-state index contributed by atoms with van der Waals surface area (Å²) in [4.78, 5) is 8.42. The first-order valence-electron chi connectivity index (χ1n) is 12.1. The minimum atomic E-state index is -0.373. The molecule has 0 radical (unpaired) electrons. The summed E-state index contributed by atoms with van der Waals surface area (Å²) in [6.45, 7) is 11.3. The molecule has 2 unspecified atom stereocenters. The van der Waals surface area contributed by atoms with Gasteiger partial charge in [0.05, 0.1) is 6.61 Å². The first-order valence-corrected chi connectivity index (χ1v) is 12.1. The van der Waals surface area contributed by atoms with E-state index < -0.39 is 0 Å². The van der Waals surface area contributed by atoms with Crippen molar-refractivity contribution in [1.82, 2.24) is 9.97 Å². The van der Waals surface area contributed by atoms with Crippen LogP contribution in [0.4, 0.5) is 4.39 Å². The number of ether oxygens (including phenoxy) is 1. The molecule has 0 saturated carbocycles. The Balaban J connectivity index is 1.47. The lowest BCUT2D eigenvalue weighted by Crippen LogP contribution is -2.05. The van der Waals surface area contributed by atoms with Crippen molar-refractivity contribution < 1.29 is 9.13 Å². The van der Waals surface area contributed by atoms with Crippen molar-refractivity contribution in [2.75, 3.05) is 6.61 Å². The van der Waals surface area contributed by atoms with Gasteiger partial charge in [0, 0.05) is 30.1 Å². The first-order chi connectivity index (χ1) is 15.8. The van der Waals surface area contributed by atoms with Crippen molar-refractivity contribution in [3.05, 3.63) is 88.8 Å². The average molecular weight is 449 g/mol. The van der Waals surface area contributed by atoms with E-state index in [0.29, 0.717) is 29.9 Å². The molecule has 0 spiro atoms. The quantitative estimate of drug-likeness (QED) is 0.281. The zero-order chi connectivity index (χ0) is 23.8. The number of benzene rings is 1. The molecule has 0 saturated heterocycles. The fourth-order valence-corrected chi connectivity index (χ4v) is 4.09. The Morgan fingerprint density at radius 1 is 0.879 bits per heavy atom. The van der Waals surface area contributed by atoms with Crippen molar-refractivity contribution >= 4 is 0 Å². The van der Waals surface area contributed by atoms with Crippen molar-refractivity contribution in [1.29, 1.82) is 0 Å².